The summed E-state index contributed by atoms with van der Waals surface area (Å²) in [7, 11) is 0. The molecule has 0 radical (unpaired) electrons. The number of rotatable bonds is 4. The Morgan fingerprint density at radius 3 is 1.74 bits per heavy atom. The molecule has 4 rings (SSSR count). The van der Waals surface area contributed by atoms with Crippen molar-refractivity contribution < 1.29 is 4.74 Å². The molecule has 0 fully saturated rings. The van der Waals surface area contributed by atoms with Gasteiger partial charge >= 0.3 is 0 Å². The smallest absolute Gasteiger partial charge is 0.128 e. The number of thiophene rings is 2. The highest BCUT2D eigenvalue weighted by Gasteiger charge is 2.16. The van der Waals surface area contributed by atoms with Crippen LogP contribution < -0.4 is 4.74 Å². The molecule has 0 saturated carbocycles. The van der Waals surface area contributed by atoms with Crippen molar-refractivity contribution in [2.75, 3.05) is 0 Å². The molecule has 2 heterocycles. The zero-order valence-electron chi connectivity index (χ0n) is 16.4. The number of aryl methyl sites for hydroxylation is 3. The second-order valence-electron chi connectivity index (χ2n) is 7.33. The summed E-state index contributed by atoms with van der Waals surface area (Å²) in [6.07, 6.45) is 0.169. The fourth-order valence-electron chi connectivity index (χ4n) is 3.59. The molecule has 0 amide bonds. The van der Waals surface area contributed by atoms with E-state index in [2.05, 4.69) is 83.1 Å². The van der Waals surface area contributed by atoms with Crippen LogP contribution in [0.25, 0.3) is 30.3 Å². The summed E-state index contributed by atoms with van der Waals surface area (Å²) in [6, 6.07) is 17.5. The zero-order valence-corrected chi connectivity index (χ0v) is 18.1. The summed E-state index contributed by atoms with van der Waals surface area (Å²) in [5.41, 5.74) is 6.56. The summed E-state index contributed by atoms with van der Waals surface area (Å²) in [5.74, 6) is 0.980. The first kappa shape index (κ1) is 18.3. The highest BCUT2D eigenvalue weighted by molar-refractivity contribution is 7.31. The fourth-order valence-corrected chi connectivity index (χ4v) is 6.28. The molecule has 0 atom stereocenters. The van der Waals surface area contributed by atoms with Crippen molar-refractivity contribution in [3.63, 3.8) is 0 Å². The molecule has 2 aromatic heterocycles. The molecule has 0 aliphatic rings. The average molecular weight is 393 g/mol. The molecule has 0 N–H and O–H groups in total. The van der Waals surface area contributed by atoms with Crippen LogP contribution in [0.1, 0.15) is 30.5 Å². The van der Waals surface area contributed by atoms with E-state index in [9.17, 15) is 0 Å². The molecule has 0 spiro atoms. The Bertz CT molecular complexity index is 1060. The Morgan fingerprint density at radius 2 is 1.19 bits per heavy atom. The summed E-state index contributed by atoms with van der Waals surface area (Å²) in [6.45, 7) is 10.7. The molecular formula is C24H24OS2. The Morgan fingerprint density at radius 1 is 0.704 bits per heavy atom. The van der Waals surface area contributed by atoms with Crippen molar-refractivity contribution in [3.05, 3.63) is 65.2 Å². The molecule has 4 aromatic rings. The summed E-state index contributed by atoms with van der Waals surface area (Å²) >= 11 is 3.75. The first-order valence-corrected chi connectivity index (χ1v) is 10.9. The van der Waals surface area contributed by atoms with E-state index in [0.717, 1.165) is 5.75 Å². The van der Waals surface area contributed by atoms with Crippen LogP contribution in [-0.2, 0) is 0 Å². The van der Waals surface area contributed by atoms with Gasteiger partial charge in [0.2, 0.25) is 0 Å². The van der Waals surface area contributed by atoms with Crippen molar-refractivity contribution in [3.8, 4) is 26.6 Å². The summed E-state index contributed by atoms with van der Waals surface area (Å²) in [5, 5.41) is 0. The third-order valence-electron chi connectivity index (χ3n) is 4.78. The highest BCUT2D eigenvalue weighted by atomic mass is 32.1. The lowest BCUT2D eigenvalue weighted by atomic mass is 10.0. The molecule has 138 valence electrons. The summed E-state index contributed by atoms with van der Waals surface area (Å²) < 4.78 is 8.79. The van der Waals surface area contributed by atoms with Crippen LogP contribution in [0.15, 0.2) is 48.5 Å². The van der Waals surface area contributed by atoms with Crippen molar-refractivity contribution in [2.45, 2.75) is 40.7 Å². The van der Waals surface area contributed by atoms with Gasteiger partial charge in [-0.25, -0.2) is 0 Å². The molecule has 0 bridgehead atoms. The van der Waals surface area contributed by atoms with E-state index in [1.54, 1.807) is 0 Å². The van der Waals surface area contributed by atoms with Crippen molar-refractivity contribution in [1.29, 1.82) is 0 Å². The number of hydrogen-bond donors (Lipinski definition) is 0. The van der Waals surface area contributed by atoms with E-state index in [1.807, 2.05) is 22.7 Å². The minimum Gasteiger partial charge on any atom is -0.490 e. The molecule has 0 unspecified atom stereocenters. The minimum absolute atomic E-state index is 0.169. The molecule has 1 nitrogen and oxygen atoms in total. The first-order valence-electron chi connectivity index (χ1n) is 9.30. The quantitative estimate of drug-likeness (QED) is 0.342. The maximum Gasteiger partial charge on any atom is 0.128 e. The van der Waals surface area contributed by atoms with Crippen molar-refractivity contribution in [1.82, 2.24) is 0 Å². The van der Waals surface area contributed by atoms with Gasteiger partial charge in [0.1, 0.15) is 5.75 Å². The Hall–Kier alpha value is -2.10. The average Bonchev–Trinajstić information content (AvgIpc) is 3.13. The highest BCUT2D eigenvalue weighted by Crippen LogP contribution is 2.45. The van der Waals surface area contributed by atoms with Gasteiger partial charge in [0.25, 0.3) is 0 Å². The molecule has 0 saturated heterocycles. The van der Waals surface area contributed by atoms with Gasteiger partial charge in [-0.3, -0.25) is 0 Å². The monoisotopic (exact) mass is 392 g/mol. The lowest BCUT2D eigenvalue weighted by Crippen LogP contribution is -2.06. The van der Waals surface area contributed by atoms with Crippen LogP contribution in [0.4, 0.5) is 0 Å². The molecule has 3 heteroatoms. The van der Waals surface area contributed by atoms with E-state index < -0.39 is 0 Å². The maximum atomic E-state index is 6.09. The van der Waals surface area contributed by atoms with Gasteiger partial charge in [0.15, 0.2) is 0 Å². The number of benzene rings is 2. The van der Waals surface area contributed by atoms with Gasteiger partial charge in [0.05, 0.1) is 6.10 Å². The van der Waals surface area contributed by atoms with Crippen LogP contribution in [0, 0.1) is 20.8 Å². The largest absolute Gasteiger partial charge is 0.490 e. The van der Waals surface area contributed by atoms with E-state index in [4.69, 9.17) is 4.74 Å². The number of ether oxygens (including phenoxy) is 1. The second-order valence-corrected chi connectivity index (χ2v) is 9.50. The predicted molar refractivity (Wildman–Crippen MR) is 121 cm³/mol. The third kappa shape index (κ3) is 3.42. The van der Waals surface area contributed by atoms with Gasteiger partial charge in [-0.1, -0.05) is 30.3 Å². The topological polar surface area (TPSA) is 9.23 Å². The fraction of sp³-hybridized carbons (Fsp3) is 0.250. The van der Waals surface area contributed by atoms with Gasteiger partial charge in [-0.15, -0.1) is 22.7 Å². The lowest BCUT2D eigenvalue weighted by molar-refractivity contribution is 0.243. The SMILES string of the molecule is Cc1cccc(C)c1-c1cc2sc(-c3c(C)cccc3OC(C)C)cc2s1. The van der Waals surface area contributed by atoms with Crippen LogP contribution in [0.2, 0.25) is 0 Å². The van der Waals surface area contributed by atoms with Crippen LogP contribution in [-0.4, -0.2) is 6.10 Å². The number of hydrogen-bond acceptors (Lipinski definition) is 3. The lowest BCUT2D eigenvalue weighted by Gasteiger charge is -2.15. The van der Waals surface area contributed by atoms with Crippen LogP contribution >= 0.6 is 22.7 Å². The van der Waals surface area contributed by atoms with Gasteiger partial charge in [0, 0.05) is 24.7 Å². The molecule has 27 heavy (non-hydrogen) atoms. The normalized spacial score (nSPS) is 11.5. The molecule has 0 aliphatic carbocycles. The van der Waals surface area contributed by atoms with Crippen molar-refractivity contribution >= 4 is 32.1 Å². The van der Waals surface area contributed by atoms with Gasteiger partial charge in [-0.05, 0) is 75.1 Å². The van der Waals surface area contributed by atoms with Gasteiger partial charge in [-0.2, -0.15) is 0 Å². The Balaban J connectivity index is 1.80. The standard InChI is InChI=1S/C24H24OS2/c1-14(2)25-18-11-7-10-17(5)24(18)22-13-20-19(27-22)12-21(26-20)23-15(3)8-6-9-16(23)4/h6-14H,1-5H3. The van der Waals surface area contributed by atoms with Gasteiger partial charge < -0.3 is 4.74 Å². The minimum atomic E-state index is 0.169. The third-order valence-corrected chi connectivity index (χ3v) is 7.11. The van der Waals surface area contributed by atoms with Crippen LogP contribution in [0.5, 0.6) is 5.75 Å². The van der Waals surface area contributed by atoms with E-state index in [0.29, 0.717) is 0 Å². The van der Waals surface area contributed by atoms with E-state index in [-0.39, 0.29) is 6.10 Å². The van der Waals surface area contributed by atoms with Crippen molar-refractivity contribution in [2.24, 2.45) is 0 Å². The summed E-state index contributed by atoms with van der Waals surface area (Å²) in [4.78, 5) is 2.65. The van der Waals surface area contributed by atoms with E-state index >= 15 is 0 Å². The number of fused-ring (bicyclic) bond motifs is 1. The molecule has 2 aromatic carbocycles. The Kier molecular flexibility index (Phi) is 4.83. The predicted octanol–water partition coefficient (Wildman–Crippen LogP) is 8.01. The maximum absolute atomic E-state index is 6.09. The molecule has 0 aliphatic heterocycles. The Labute approximate surface area is 169 Å². The van der Waals surface area contributed by atoms with E-state index in [1.165, 1.54) is 47.0 Å². The zero-order chi connectivity index (χ0) is 19.1. The molecular weight excluding hydrogens is 368 g/mol. The van der Waals surface area contributed by atoms with Crippen LogP contribution in [0.3, 0.4) is 0 Å². The second kappa shape index (κ2) is 7.14. The first-order chi connectivity index (χ1) is 12.9.